The van der Waals surface area contributed by atoms with Crippen LogP contribution in [-0.4, -0.2) is 5.11 Å². The zero-order valence-electron chi connectivity index (χ0n) is 11.3. The van der Waals surface area contributed by atoms with Crippen molar-refractivity contribution < 1.29 is 18.3 Å². The highest BCUT2D eigenvalue weighted by atomic mass is 35.5. The third kappa shape index (κ3) is 3.77. The van der Waals surface area contributed by atoms with Crippen LogP contribution < -0.4 is 0 Å². The summed E-state index contributed by atoms with van der Waals surface area (Å²) in [6.45, 7) is 1.83. The number of benzene rings is 2. The van der Waals surface area contributed by atoms with Crippen molar-refractivity contribution in [2.75, 3.05) is 0 Å². The van der Waals surface area contributed by atoms with E-state index in [1.165, 1.54) is 12.1 Å². The van der Waals surface area contributed by atoms with Crippen LogP contribution in [0.25, 0.3) is 0 Å². The fourth-order valence-electron chi connectivity index (χ4n) is 2.09. The molecule has 0 aliphatic carbocycles. The molecule has 2 rings (SSSR count). The second kappa shape index (κ2) is 6.08. The van der Waals surface area contributed by atoms with E-state index in [0.717, 1.165) is 17.7 Å². The molecule has 0 heterocycles. The molecule has 2 aromatic carbocycles. The Balaban J connectivity index is 2.16. The van der Waals surface area contributed by atoms with E-state index in [1.807, 2.05) is 13.0 Å². The molecule has 0 amide bonds. The summed E-state index contributed by atoms with van der Waals surface area (Å²) in [6, 6.07) is 10.1. The Bertz CT molecular complexity index is 620. The van der Waals surface area contributed by atoms with Gasteiger partial charge < -0.3 is 5.11 Å². The highest BCUT2D eigenvalue weighted by Crippen LogP contribution is 2.31. The van der Waals surface area contributed by atoms with Crippen LogP contribution >= 0.6 is 11.6 Å². The predicted molar refractivity (Wildman–Crippen MR) is 76.3 cm³/mol. The normalized spacial score (nSPS) is 13.2. The summed E-state index contributed by atoms with van der Waals surface area (Å²) in [5.41, 5.74) is 1.35. The fourth-order valence-corrected chi connectivity index (χ4v) is 2.34. The van der Waals surface area contributed by atoms with Crippen LogP contribution in [0.15, 0.2) is 42.5 Å². The highest BCUT2D eigenvalue weighted by Gasteiger charge is 2.30. The first-order chi connectivity index (χ1) is 9.79. The summed E-state index contributed by atoms with van der Waals surface area (Å²) in [7, 11) is 0. The third-order valence-electron chi connectivity index (χ3n) is 3.29. The first kappa shape index (κ1) is 15.9. The van der Waals surface area contributed by atoms with Crippen LogP contribution in [0, 0.1) is 6.92 Å². The minimum Gasteiger partial charge on any atom is -0.388 e. The van der Waals surface area contributed by atoms with Gasteiger partial charge >= 0.3 is 6.18 Å². The number of hydrogen-bond acceptors (Lipinski definition) is 1. The number of halogens is 4. The lowest BCUT2D eigenvalue weighted by Crippen LogP contribution is -2.06. The van der Waals surface area contributed by atoms with Gasteiger partial charge in [0.2, 0.25) is 0 Å². The van der Waals surface area contributed by atoms with Crippen LogP contribution in [0.5, 0.6) is 0 Å². The second-order valence-electron chi connectivity index (χ2n) is 4.89. The third-order valence-corrected chi connectivity index (χ3v) is 3.81. The lowest BCUT2D eigenvalue weighted by Gasteiger charge is -2.14. The van der Waals surface area contributed by atoms with Gasteiger partial charge in [0.15, 0.2) is 0 Å². The number of alkyl halides is 3. The van der Waals surface area contributed by atoms with Crippen molar-refractivity contribution in [1.29, 1.82) is 0 Å². The number of rotatable bonds is 3. The smallest absolute Gasteiger partial charge is 0.388 e. The molecule has 0 saturated carbocycles. The molecule has 5 heteroatoms. The molecule has 1 unspecified atom stereocenters. The minimum atomic E-state index is -4.35. The van der Waals surface area contributed by atoms with Gasteiger partial charge in [-0.15, -0.1) is 0 Å². The summed E-state index contributed by atoms with van der Waals surface area (Å²) in [6.07, 6.45) is -4.99. The zero-order valence-corrected chi connectivity index (χ0v) is 12.0. The Morgan fingerprint density at radius 2 is 1.71 bits per heavy atom. The average molecular weight is 315 g/mol. The van der Waals surface area contributed by atoms with Gasteiger partial charge in [-0.3, -0.25) is 0 Å². The molecule has 0 bridgehead atoms. The molecule has 0 fully saturated rings. The Morgan fingerprint density at radius 3 is 2.29 bits per heavy atom. The van der Waals surface area contributed by atoms with Crippen molar-refractivity contribution in [2.24, 2.45) is 0 Å². The Hall–Kier alpha value is -1.52. The molecule has 2 aromatic rings. The Morgan fingerprint density at radius 1 is 1.10 bits per heavy atom. The maximum atomic E-state index is 12.5. The van der Waals surface area contributed by atoms with Crippen molar-refractivity contribution in [3.63, 3.8) is 0 Å². The van der Waals surface area contributed by atoms with Crippen molar-refractivity contribution in [3.05, 3.63) is 69.7 Å². The fraction of sp³-hybridized carbons (Fsp3) is 0.250. The molecule has 112 valence electrons. The van der Waals surface area contributed by atoms with E-state index in [9.17, 15) is 18.3 Å². The predicted octanol–water partition coefficient (Wildman–Crippen LogP) is 4.94. The molecular formula is C16H14ClF3O. The molecule has 0 saturated heterocycles. The van der Waals surface area contributed by atoms with E-state index >= 15 is 0 Å². The summed E-state index contributed by atoms with van der Waals surface area (Å²) in [5, 5.41) is 10.7. The average Bonchev–Trinajstić information content (AvgIpc) is 2.41. The van der Waals surface area contributed by atoms with Gasteiger partial charge in [-0.05, 0) is 35.7 Å². The van der Waals surface area contributed by atoms with Crippen LogP contribution in [0.2, 0.25) is 5.02 Å². The lowest BCUT2D eigenvalue weighted by atomic mass is 9.99. The number of aryl methyl sites for hydroxylation is 1. The standard InChI is InChI=1S/C16H14ClF3O/c1-10-3-2-4-13(15(10)17)14(21)9-11-5-7-12(8-6-11)16(18,19)20/h2-8,14,21H,9H2,1H3. The maximum absolute atomic E-state index is 12.5. The summed E-state index contributed by atoms with van der Waals surface area (Å²) < 4.78 is 37.4. The minimum absolute atomic E-state index is 0.210. The summed E-state index contributed by atoms with van der Waals surface area (Å²) >= 11 is 6.13. The van der Waals surface area contributed by atoms with Crippen LogP contribution in [0.3, 0.4) is 0 Å². The molecule has 0 aliphatic rings. The van der Waals surface area contributed by atoms with E-state index in [0.29, 0.717) is 16.1 Å². The van der Waals surface area contributed by atoms with Gasteiger partial charge in [0.1, 0.15) is 0 Å². The van der Waals surface area contributed by atoms with Gasteiger partial charge in [0, 0.05) is 11.4 Å². The Labute approximate surface area is 126 Å². The quantitative estimate of drug-likeness (QED) is 0.850. The van der Waals surface area contributed by atoms with Crippen molar-refractivity contribution in [2.45, 2.75) is 25.6 Å². The molecule has 0 spiro atoms. The topological polar surface area (TPSA) is 20.2 Å². The maximum Gasteiger partial charge on any atom is 0.416 e. The van der Waals surface area contributed by atoms with Gasteiger partial charge in [0.25, 0.3) is 0 Å². The molecule has 1 nitrogen and oxygen atoms in total. The summed E-state index contributed by atoms with van der Waals surface area (Å²) in [4.78, 5) is 0. The monoisotopic (exact) mass is 314 g/mol. The van der Waals surface area contributed by atoms with Gasteiger partial charge in [-0.2, -0.15) is 13.2 Å². The molecular weight excluding hydrogens is 301 g/mol. The SMILES string of the molecule is Cc1cccc(C(O)Cc2ccc(C(F)(F)F)cc2)c1Cl. The van der Waals surface area contributed by atoms with E-state index in [-0.39, 0.29) is 6.42 Å². The van der Waals surface area contributed by atoms with Crippen molar-refractivity contribution in [3.8, 4) is 0 Å². The van der Waals surface area contributed by atoms with Crippen molar-refractivity contribution >= 4 is 11.6 Å². The van der Waals surface area contributed by atoms with Crippen LogP contribution in [-0.2, 0) is 12.6 Å². The van der Waals surface area contributed by atoms with Gasteiger partial charge in [0.05, 0.1) is 11.7 Å². The molecule has 21 heavy (non-hydrogen) atoms. The first-order valence-electron chi connectivity index (χ1n) is 6.38. The van der Waals surface area contributed by atoms with Gasteiger partial charge in [-0.25, -0.2) is 0 Å². The van der Waals surface area contributed by atoms with E-state index < -0.39 is 17.8 Å². The molecule has 0 aromatic heterocycles. The molecule has 1 atom stereocenters. The van der Waals surface area contributed by atoms with E-state index in [2.05, 4.69) is 0 Å². The molecule has 0 radical (unpaired) electrons. The van der Waals surface area contributed by atoms with Crippen molar-refractivity contribution in [1.82, 2.24) is 0 Å². The first-order valence-corrected chi connectivity index (χ1v) is 6.76. The molecule has 0 aliphatic heterocycles. The number of hydrogen-bond donors (Lipinski definition) is 1. The van der Waals surface area contributed by atoms with Crippen LogP contribution in [0.4, 0.5) is 13.2 Å². The van der Waals surface area contributed by atoms with E-state index in [1.54, 1.807) is 12.1 Å². The van der Waals surface area contributed by atoms with E-state index in [4.69, 9.17) is 11.6 Å². The zero-order chi connectivity index (χ0) is 15.6. The highest BCUT2D eigenvalue weighted by molar-refractivity contribution is 6.32. The summed E-state index contributed by atoms with van der Waals surface area (Å²) in [5.74, 6) is 0. The number of aliphatic hydroxyl groups excluding tert-OH is 1. The van der Waals surface area contributed by atoms with Gasteiger partial charge in [-0.1, -0.05) is 41.9 Å². The Kier molecular flexibility index (Phi) is 4.59. The largest absolute Gasteiger partial charge is 0.416 e. The molecule has 1 N–H and O–H groups in total. The number of aliphatic hydroxyl groups is 1. The van der Waals surface area contributed by atoms with Crippen LogP contribution in [0.1, 0.15) is 28.4 Å². The second-order valence-corrected chi connectivity index (χ2v) is 5.27. The lowest BCUT2D eigenvalue weighted by molar-refractivity contribution is -0.137.